The Morgan fingerprint density at radius 3 is 2.56 bits per heavy atom. The third-order valence-corrected chi connectivity index (χ3v) is 3.32. The monoisotopic (exact) mass is 248 g/mol. The first kappa shape index (κ1) is 15.2. The van der Waals surface area contributed by atoms with Crippen LogP contribution >= 0.6 is 0 Å². The predicted molar refractivity (Wildman–Crippen MR) is 80.0 cm³/mol. The molecule has 1 rings (SSSR count). The zero-order chi connectivity index (χ0) is 13.4. The fourth-order valence-corrected chi connectivity index (χ4v) is 2.37. The minimum Gasteiger partial charge on any atom is -0.309 e. The lowest BCUT2D eigenvalue weighted by Crippen LogP contribution is -2.35. The number of rotatable bonds is 8. The Labute approximate surface area is 112 Å². The lowest BCUT2D eigenvalue weighted by atomic mass is 10.0. The van der Waals surface area contributed by atoms with Crippen LogP contribution in [-0.2, 0) is 0 Å². The number of nitrogens with zero attached hydrogens (tertiary/aromatic N) is 1. The highest BCUT2D eigenvalue weighted by molar-refractivity contribution is 5.25. The first-order chi connectivity index (χ1) is 8.71. The van der Waals surface area contributed by atoms with E-state index in [1.807, 2.05) is 0 Å². The zero-order valence-electron chi connectivity index (χ0n) is 12.4. The van der Waals surface area contributed by atoms with Gasteiger partial charge in [0.2, 0.25) is 0 Å². The van der Waals surface area contributed by atoms with Gasteiger partial charge in [0.25, 0.3) is 0 Å². The van der Waals surface area contributed by atoms with Crippen molar-refractivity contribution >= 4 is 0 Å². The van der Waals surface area contributed by atoms with Crippen LogP contribution in [0.4, 0.5) is 0 Å². The topological polar surface area (TPSA) is 15.3 Å². The van der Waals surface area contributed by atoms with Gasteiger partial charge in [-0.2, -0.15) is 0 Å². The van der Waals surface area contributed by atoms with E-state index >= 15 is 0 Å². The van der Waals surface area contributed by atoms with Crippen molar-refractivity contribution in [3.63, 3.8) is 0 Å². The minimum absolute atomic E-state index is 0.446. The SMILES string of the molecule is CCCN(CC)CC(NCC)c1cccc(C)c1. The standard InChI is InChI=1S/C16H28N2/c1-5-11-18(7-3)13-16(17-6-2)15-10-8-9-14(4)12-15/h8-10,12,16-17H,5-7,11,13H2,1-4H3. The van der Waals surface area contributed by atoms with E-state index in [9.17, 15) is 0 Å². The number of nitrogens with one attached hydrogen (secondary N) is 1. The summed E-state index contributed by atoms with van der Waals surface area (Å²) < 4.78 is 0. The molecule has 0 saturated carbocycles. The molecule has 0 radical (unpaired) electrons. The van der Waals surface area contributed by atoms with E-state index in [4.69, 9.17) is 0 Å². The smallest absolute Gasteiger partial charge is 0.0449 e. The molecule has 102 valence electrons. The quantitative estimate of drug-likeness (QED) is 0.759. The average molecular weight is 248 g/mol. The van der Waals surface area contributed by atoms with Gasteiger partial charge in [-0.1, -0.05) is 50.6 Å². The molecule has 0 fully saturated rings. The van der Waals surface area contributed by atoms with Gasteiger partial charge in [0.15, 0.2) is 0 Å². The summed E-state index contributed by atoms with van der Waals surface area (Å²) in [6.07, 6.45) is 1.22. The summed E-state index contributed by atoms with van der Waals surface area (Å²) in [7, 11) is 0. The van der Waals surface area contributed by atoms with Crippen LogP contribution < -0.4 is 5.32 Å². The molecule has 1 atom stereocenters. The summed E-state index contributed by atoms with van der Waals surface area (Å²) in [4.78, 5) is 2.52. The Hall–Kier alpha value is -0.860. The Morgan fingerprint density at radius 2 is 2.00 bits per heavy atom. The van der Waals surface area contributed by atoms with Crippen LogP contribution in [-0.4, -0.2) is 31.1 Å². The highest BCUT2D eigenvalue weighted by Gasteiger charge is 2.13. The van der Waals surface area contributed by atoms with Gasteiger partial charge < -0.3 is 10.2 Å². The molecule has 1 aromatic rings. The van der Waals surface area contributed by atoms with Crippen molar-refractivity contribution in [2.45, 2.75) is 40.2 Å². The Balaban J connectivity index is 2.75. The van der Waals surface area contributed by atoms with E-state index in [1.54, 1.807) is 0 Å². The largest absolute Gasteiger partial charge is 0.309 e. The highest BCUT2D eigenvalue weighted by Crippen LogP contribution is 2.16. The van der Waals surface area contributed by atoms with Crippen LogP contribution in [0.2, 0.25) is 0 Å². The van der Waals surface area contributed by atoms with Crippen LogP contribution in [0.5, 0.6) is 0 Å². The summed E-state index contributed by atoms with van der Waals surface area (Å²) in [6.45, 7) is 13.3. The van der Waals surface area contributed by atoms with Gasteiger partial charge in [-0.25, -0.2) is 0 Å². The van der Waals surface area contributed by atoms with Gasteiger partial charge in [0, 0.05) is 12.6 Å². The molecule has 2 heteroatoms. The summed E-state index contributed by atoms with van der Waals surface area (Å²) in [6, 6.07) is 9.30. The fraction of sp³-hybridized carbons (Fsp3) is 0.625. The molecule has 18 heavy (non-hydrogen) atoms. The van der Waals surface area contributed by atoms with E-state index < -0.39 is 0 Å². The van der Waals surface area contributed by atoms with Gasteiger partial charge in [0.05, 0.1) is 0 Å². The fourth-order valence-electron chi connectivity index (χ4n) is 2.37. The number of aryl methyl sites for hydroxylation is 1. The Kier molecular flexibility index (Phi) is 6.99. The molecule has 1 unspecified atom stereocenters. The molecule has 0 aliphatic heterocycles. The summed E-state index contributed by atoms with van der Waals surface area (Å²) in [5.41, 5.74) is 2.75. The third kappa shape index (κ3) is 4.79. The van der Waals surface area contributed by atoms with Gasteiger partial charge in [-0.05, 0) is 38.5 Å². The van der Waals surface area contributed by atoms with Crippen molar-refractivity contribution in [2.75, 3.05) is 26.2 Å². The molecule has 0 amide bonds. The molecular weight excluding hydrogens is 220 g/mol. The van der Waals surface area contributed by atoms with Crippen LogP contribution in [0.15, 0.2) is 24.3 Å². The maximum atomic E-state index is 3.61. The molecule has 0 heterocycles. The zero-order valence-corrected chi connectivity index (χ0v) is 12.4. The molecule has 0 spiro atoms. The molecule has 0 aromatic heterocycles. The first-order valence-corrected chi connectivity index (χ1v) is 7.23. The maximum Gasteiger partial charge on any atom is 0.0449 e. The van der Waals surface area contributed by atoms with E-state index in [2.05, 4.69) is 62.2 Å². The normalized spacial score (nSPS) is 12.9. The Morgan fingerprint density at radius 1 is 1.22 bits per heavy atom. The van der Waals surface area contributed by atoms with E-state index in [-0.39, 0.29) is 0 Å². The van der Waals surface area contributed by atoms with Crippen LogP contribution in [0.25, 0.3) is 0 Å². The lowest BCUT2D eigenvalue weighted by Gasteiger charge is -2.27. The third-order valence-electron chi connectivity index (χ3n) is 3.32. The van der Waals surface area contributed by atoms with E-state index in [1.165, 1.54) is 24.1 Å². The molecule has 0 aliphatic rings. The second-order valence-corrected chi connectivity index (χ2v) is 4.92. The van der Waals surface area contributed by atoms with Crippen LogP contribution in [0.3, 0.4) is 0 Å². The molecule has 0 saturated heterocycles. The minimum atomic E-state index is 0.446. The van der Waals surface area contributed by atoms with E-state index in [0.29, 0.717) is 6.04 Å². The maximum absolute atomic E-state index is 3.61. The summed E-state index contributed by atoms with van der Waals surface area (Å²) in [5, 5.41) is 3.61. The van der Waals surface area contributed by atoms with Crippen molar-refractivity contribution in [2.24, 2.45) is 0 Å². The van der Waals surface area contributed by atoms with Crippen molar-refractivity contribution in [1.82, 2.24) is 10.2 Å². The molecular formula is C16H28N2. The van der Waals surface area contributed by atoms with Crippen molar-refractivity contribution in [3.05, 3.63) is 35.4 Å². The van der Waals surface area contributed by atoms with Gasteiger partial charge in [-0.15, -0.1) is 0 Å². The number of likely N-dealkylation sites (N-methyl/N-ethyl adjacent to an activating group) is 2. The molecule has 1 aromatic carbocycles. The number of hydrogen-bond donors (Lipinski definition) is 1. The van der Waals surface area contributed by atoms with Gasteiger partial charge in [0.1, 0.15) is 0 Å². The second kappa shape index (κ2) is 8.28. The Bertz CT molecular complexity index is 336. The molecule has 0 bridgehead atoms. The average Bonchev–Trinajstić information content (AvgIpc) is 2.37. The van der Waals surface area contributed by atoms with Gasteiger partial charge in [-0.3, -0.25) is 0 Å². The van der Waals surface area contributed by atoms with Gasteiger partial charge >= 0.3 is 0 Å². The number of benzene rings is 1. The molecule has 0 aliphatic carbocycles. The predicted octanol–water partition coefficient (Wildman–Crippen LogP) is 3.38. The van der Waals surface area contributed by atoms with Crippen LogP contribution in [0.1, 0.15) is 44.4 Å². The first-order valence-electron chi connectivity index (χ1n) is 7.23. The lowest BCUT2D eigenvalue weighted by molar-refractivity contribution is 0.255. The van der Waals surface area contributed by atoms with Crippen molar-refractivity contribution < 1.29 is 0 Å². The highest BCUT2D eigenvalue weighted by atomic mass is 15.1. The molecule has 2 nitrogen and oxygen atoms in total. The van der Waals surface area contributed by atoms with Crippen molar-refractivity contribution in [3.8, 4) is 0 Å². The van der Waals surface area contributed by atoms with Crippen LogP contribution in [0, 0.1) is 6.92 Å². The number of hydrogen-bond acceptors (Lipinski definition) is 2. The van der Waals surface area contributed by atoms with Crippen molar-refractivity contribution in [1.29, 1.82) is 0 Å². The van der Waals surface area contributed by atoms with E-state index in [0.717, 1.165) is 19.6 Å². The summed E-state index contributed by atoms with van der Waals surface area (Å²) in [5.74, 6) is 0. The molecule has 1 N–H and O–H groups in total. The summed E-state index contributed by atoms with van der Waals surface area (Å²) >= 11 is 0. The second-order valence-electron chi connectivity index (χ2n) is 4.92.